The van der Waals surface area contributed by atoms with Gasteiger partial charge in [0, 0.05) is 36.4 Å². The largest absolute Gasteiger partial charge is 0.372 e. The van der Waals surface area contributed by atoms with Gasteiger partial charge in [-0.05, 0) is 49.2 Å². The molecule has 0 aliphatic carbocycles. The molecule has 0 aromatic heterocycles. The van der Waals surface area contributed by atoms with Gasteiger partial charge in [-0.1, -0.05) is 25.0 Å². The number of amides is 1. The zero-order valence-corrected chi connectivity index (χ0v) is 17.6. The van der Waals surface area contributed by atoms with Gasteiger partial charge in [0.2, 0.25) is 5.91 Å². The molecule has 1 saturated heterocycles. The Morgan fingerprint density at radius 3 is 2.43 bits per heavy atom. The van der Waals surface area contributed by atoms with Crippen molar-refractivity contribution in [3.63, 3.8) is 0 Å². The summed E-state index contributed by atoms with van der Waals surface area (Å²) in [6.07, 6.45) is 5.20. The van der Waals surface area contributed by atoms with E-state index in [9.17, 15) is 13.2 Å². The topological polar surface area (TPSA) is 90.9 Å². The van der Waals surface area contributed by atoms with Crippen molar-refractivity contribution in [1.29, 1.82) is 0 Å². The first-order chi connectivity index (χ1) is 14.5. The number of benzene rings is 2. The molecule has 0 atom stereocenters. The maximum Gasteiger partial charge on any atom is 0.263 e. The van der Waals surface area contributed by atoms with Crippen LogP contribution < -0.4 is 14.9 Å². The van der Waals surface area contributed by atoms with Crippen LogP contribution in [0.1, 0.15) is 37.7 Å². The predicted octanol–water partition coefficient (Wildman–Crippen LogP) is 3.13. The van der Waals surface area contributed by atoms with Gasteiger partial charge >= 0.3 is 0 Å². The van der Waals surface area contributed by atoms with Crippen LogP contribution in [-0.2, 0) is 14.8 Å². The van der Waals surface area contributed by atoms with Crippen molar-refractivity contribution in [2.75, 3.05) is 29.9 Å². The summed E-state index contributed by atoms with van der Waals surface area (Å²) < 4.78 is 26.6. The Morgan fingerprint density at radius 1 is 1.00 bits per heavy atom. The van der Waals surface area contributed by atoms with Gasteiger partial charge in [0.15, 0.2) is 0 Å². The minimum atomic E-state index is -3.56. The van der Waals surface area contributed by atoms with E-state index < -0.39 is 10.0 Å². The first-order valence-corrected chi connectivity index (χ1v) is 11.8. The number of aliphatic imine (C=N–C) groups is 1. The second-order valence-electron chi connectivity index (χ2n) is 7.58. The molecular formula is C22H26N4O3S. The van der Waals surface area contributed by atoms with Crippen molar-refractivity contribution in [2.24, 2.45) is 4.99 Å². The zero-order chi connectivity index (χ0) is 21.0. The quantitative estimate of drug-likeness (QED) is 0.769. The van der Waals surface area contributed by atoms with Gasteiger partial charge in [-0.25, -0.2) is 8.42 Å². The van der Waals surface area contributed by atoms with Crippen LogP contribution in [0.15, 0.2) is 58.4 Å². The van der Waals surface area contributed by atoms with E-state index in [-0.39, 0.29) is 23.8 Å². The number of sulfonamides is 1. The molecule has 0 radical (unpaired) electrons. The molecule has 158 valence electrons. The summed E-state index contributed by atoms with van der Waals surface area (Å²) in [5, 5.41) is 2.88. The molecule has 0 spiro atoms. The second kappa shape index (κ2) is 8.87. The lowest BCUT2D eigenvalue weighted by atomic mass is 10.2. The number of hydrogen-bond donors (Lipinski definition) is 2. The first kappa shape index (κ1) is 20.4. The number of fused-ring (bicyclic) bond motifs is 1. The predicted molar refractivity (Wildman–Crippen MR) is 119 cm³/mol. The molecule has 1 amide bonds. The minimum Gasteiger partial charge on any atom is -0.372 e. The SMILES string of the molecule is O=C(CCN=C1NS(=O)(=O)c2ccccc21)Nc1ccc(N2CCCCCC2)cc1. The fourth-order valence-corrected chi connectivity index (χ4v) is 5.08. The van der Waals surface area contributed by atoms with Gasteiger partial charge in [0.1, 0.15) is 5.84 Å². The highest BCUT2D eigenvalue weighted by Gasteiger charge is 2.29. The van der Waals surface area contributed by atoms with E-state index in [1.54, 1.807) is 24.3 Å². The van der Waals surface area contributed by atoms with E-state index >= 15 is 0 Å². The summed E-state index contributed by atoms with van der Waals surface area (Å²) in [5.74, 6) is 0.135. The Balaban J connectivity index is 1.32. The van der Waals surface area contributed by atoms with E-state index in [1.807, 2.05) is 24.3 Å². The van der Waals surface area contributed by atoms with Gasteiger partial charge in [0.05, 0.1) is 11.4 Å². The Hall–Kier alpha value is -2.87. The van der Waals surface area contributed by atoms with Crippen molar-refractivity contribution in [1.82, 2.24) is 4.72 Å². The lowest BCUT2D eigenvalue weighted by Crippen LogP contribution is -2.23. The van der Waals surface area contributed by atoms with Crippen LogP contribution in [0.5, 0.6) is 0 Å². The van der Waals surface area contributed by atoms with Crippen molar-refractivity contribution in [3.05, 3.63) is 54.1 Å². The first-order valence-electron chi connectivity index (χ1n) is 10.3. The van der Waals surface area contributed by atoms with Gasteiger partial charge in [-0.2, -0.15) is 0 Å². The summed E-state index contributed by atoms with van der Waals surface area (Å²) in [6, 6.07) is 14.6. The Morgan fingerprint density at radius 2 is 1.70 bits per heavy atom. The molecule has 0 saturated carbocycles. The van der Waals surface area contributed by atoms with Gasteiger partial charge in [-0.3, -0.25) is 14.5 Å². The van der Waals surface area contributed by atoms with Crippen LogP contribution in [0.3, 0.4) is 0 Å². The van der Waals surface area contributed by atoms with Crippen molar-refractivity contribution >= 4 is 33.1 Å². The third-order valence-electron chi connectivity index (χ3n) is 5.39. The molecule has 30 heavy (non-hydrogen) atoms. The summed E-state index contributed by atoms with van der Waals surface area (Å²) in [4.78, 5) is 19.2. The second-order valence-corrected chi connectivity index (χ2v) is 9.23. The van der Waals surface area contributed by atoms with Crippen molar-refractivity contribution < 1.29 is 13.2 Å². The van der Waals surface area contributed by atoms with Crippen LogP contribution in [0, 0.1) is 0 Å². The summed E-state index contributed by atoms with van der Waals surface area (Å²) >= 11 is 0. The summed E-state index contributed by atoms with van der Waals surface area (Å²) in [7, 11) is -3.56. The lowest BCUT2D eigenvalue weighted by Gasteiger charge is -2.22. The molecule has 0 unspecified atom stereocenters. The monoisotopic (exact) mass is 426 g/mol. The minimum absolute atomic E-state index is 0.156. The Labute approximate surface area is 177 Å². The molecule has 2 aromatic carbocycles. The fraction of sp³-hybridized carbons (Fsp3) is 0.364. The van der Waals surface area contributed by atoms with Crippen LogP contribution >= 0.6 is 0 Å². The maximum absolute atomic E-state index is 12.3. The molecule has 2 aliphatic rings. The molecular weight excluding hydrogens is 400 g/mol. The number of carbonyl (C=O) groups is 1. The Bertz CT molecular complexity index is 1040. The van der Waals surface area contributed by atoms with Gasteiger partial charge in [-0.15, -0.1) is 0 Å². The number of nitrogens with zero attached hydrogens (tertiary/aromatic N) is 2. The van der Waals surface area contributed by atoms with E-state index in [4.69, 9.17) is 0 Å². The third kappa shape index (κ3) is 4.64. The average Bonchev–Trinajstić information content (AvgIpc) is 2.91. The van der Waals surface area contributed by atoms with E-state index in [2.05, 4.69) is 19.9 Å². The molecule has 1 fully saturated rings. The summed E-state index contributed by atoms with van der Waals surface area (Å²) in [5.41, 5.74) is 2.48. The Kier molecular flexibility index (Phi) is 6.03. The standard InChI is InChI=1S/C22H26N4O3S/c27-21(13-14-23-22-19-7-3-4-8-20(19)30(28,29)25-22)24-17-9-11-18(12-10-17)26-15-5-1-2-6-16-26/h3-4,7-12H,1-2,5-6,13-16H2,(H,23,25)(H,24,27). The van der Waals surface area contributed by atoms with Crippen LogP contribution in [0.2, 0.25) is 0 Å². The normalized spacial score (nSPS) is 19.1. The molecule has 2 aliphatic heterocycles. The smallest absolute Gasteiger partial charge is 0.263 e. The zero-order valence-electron chi connectivity index (χ0n) is 16.8. The number of amidine groups is 1. The number of anilines is 2. The van der Waals surface area contributed by atoms with Crippen LogP contribution in [0.4, 0.5) is 11.4 Å². The number of rotatable bonds is 5. The van der Waals surface area contributed by atoms with Crippen LogP contribution in [-0.4, -0.2) is 39.8 Å². The van der Waals surface area contributed by atoms with Crippen molar-refractivity contribution in [2.45, 2.75) is 37.0 Å². The molecule has 7 nitrogen and oxygen atoms in total. The number of hydrogen-bond acceptors (Lipinski definition) is 5. The van der Waals surface area contributed by atoms with Crippen molar-refractivity contribution in [3.8, 4) is 0 Å². The third-order valence-corrected chi connectivity index (χ3v) is 6.79. The van der Waals surface area contributed by atoms with Gasteiger partial charge in [0.25, 0.3) is 10.0 Å². The molecule has 2 aromatic rings. The van der Waals surface area contributed by atoms with E-state index in [0.717, 1.165) is 18.8 Å². The van der Waals surface area contributed by atoms with E-state index in [1.165, 1.54) is 31.4 Å². The van der Waals surface area contributed by atoms with Crippen LogP contribution in [0.25, 0.3) is 0 Å². The summed E-state index contributed by atoms with van der Waals surface area (Å²) in [6.45, 7) is 2.36. The highest BCUT2D eigenvalue weighted by Crippen LogP contribution is 2.23. The molecule has 4 rings (SSSR count). The molecule has 8 heteroatoms. The van der Waals surface area contributed by atoms with E-state index in [0.29, 0.717) is 11.4 Å². The highest BCUT2D eigenvalue weighted by atomic mass is 32.2. The lowest BCUT2D eigenvalue weighted by molar-refractivity contribution is -0.116. The number of carbonyl (C=O) groups excluding carboxylic acids is 1. The molecule has 2 heterocycles. The van der Waals surface area contributed by atoms with Gasteiger partial charge < -0.3 is 10.2 Å². The molecule has 0 bridgehead atoms. The highest BCUT2D eigenvalue weighted by molar-refractivity contribution is 7.90. The molecule has 2 N–H and O–H groups in total. The maximum atomic E-state index is 12.3. The number of nitrogens with one attached hydrogen (secondary N) is 2. The average molecular weight is 427 g/mol. The fourth-order valence-electron chi connectivity index (χ4n) is 3.83.